The fourth-order valence-electron chi connectivity index (χ4n) is 0.680. The van der Waals surface area contributed by atoms with Crippen LogP contribution < -0.4 is 0 Å². The number of allylic oxidation sites excluding steroid dienone is 8. The van der Waals surface area contributed by atoms with Crippen molar-refractivity contribution in [1.82, 2.24) is 0 Å². The van der Waals surface area contributed by atoms with E-state index in [4.69, 9.17) is 19.8 Å². The maximum absolute atomic E-state index is 9.00. The van der Waals surface area contributed by atoms with Crippen LogP contribution in [0.5, 0.6) is 0 Å². The molecule has 0 saturated carbocycles. The van der Waals surface area contributed by atoms with Crippen molar-refractivity contribution in [3.8, 4) is 0 Å². The van der Waals surface area contributed by atoms with E-state index in [-0.39, 0.29) is 0 Å². The molecule has 2 aliphatic rings. The number of rotatable bonds is 0. The minimum atomic E-state index is -0.833. The summed E-state index contributed by atoms with van der Waals surface area (Å²) in [6.07, 6.45) is 20.0. The zero-order chi connectivity index (χ0) is 16.2. The molecule has 0 atom stereocenters. The Morgan fingerprint density at radius 1 is 0.950 bits per heavy atom. The zero-order valence-corrected chi connectivity index (χ0v) is 13.4. The molecule has 0 aromatic heterocycles. The number of hydrogen-bond acceptors (Lipinski definition) is 2. The topological polar surface area (TPSA) is 74.6 Å². The number of hydrogen-bond donors (Lipinski definition) is 2. The summed E-state index contributed by atoms with van der Waals surface area (Å²) in [5.41, 5.74) is 0. The second-order valence-electron chi connectivity index (χ2n) is 3.04. The molecule has 0 radical (unpaired) electrons. The molecule has 2 N–H and O–H groups in total. The van der Waals surface area contributed by atoms with E-state index >= 15 is 0 Å². The molecule has 0 aromatic carbocycles. The first kappa shape index (κ1) is 23.6. The van der Waals surface area contributed by atoms with Crippen LogP contribution >= 0.6 is 0 Å². The van der Waals surface area contributed by atoms with E-state index in [1.807, 2.05) is 24.3 Å². The maximum atomic E-state index is 9.00. The van der Waals surface area contributed by atoms with Crippen molar-refractivity contribution in [2.45, 2.75) is 26.7 Å². The molecule has 0 heterocycles. The monoisotopic (exact) mass is 312 g/mol. The molecule has 2 rings (SSSR count). The summed E-state index contributed by atoms with van der Waals surface area (Å²) in [6, 6.07) is 0. The Hall–Kier alpha value is -1.52. The third kappa shape index (κ3) is 54.9. The van der Waals surface area contributed by atoms with Crippen molar-refractivity contribution in [3.63, 3.8) is 0 Å². The molecule has 20 heavy (non-hydrogen) atoms. The first-order valence-corrected chi connectivity index (χ1v) is 6.75. The predicted molar refractivity (Wildman–Crippen MR) is 76.9 cm³/mol. The predicted octanol–water partition coefficient (Wildman–Crippen LogP) is 2.76. The summed E-state index contributed by atoms with van der Waals surface area (Å²) in [5.74, 6) is -1.67. The van der Waals surface area contributed by atoms with Crippen LogP contribution in [0.15, 0.2) is 36.5 Å². The normalized spacial score (nSPS) is 11.6. The molecule has 2 aliphatic carbocycles. The van der Waals surface area contributed by atoms with Crippen LogP contribution in [0.25, 0.3) is 0 Å². The van der Waals surface area contributed by atoms with Gasteiger partial charge in [0.15, 0.2) is 0 Å². The van der Waals surface area contributed by atoms with Gasteiger partial charge in [0, 0.05) is 13.8 Å². The average Bonchev–Trinajstić information content (AvgIpc) is 3.09. The molecule has 4 nitrogen and oxygen atoms in total. The molecular weight excluding hydrogens is 292 g/mol. The van der Waals surface area contributed by atoms with E-state index in [9.17, 15) is 0 Å². The van der Waals surface area contributed by atoms with E-state index < -0.39 is 11.9 Å². The Labute approximate surface area is 132 Å². The van der Waals surface area contributed by atoms with Crippen molar-refractivity contribution >= 4 is 16.8 Å². The fraction of sp³-hybridized carbons (Fsp3) is 0.267. The van der Waals surface area contributed by atoms with Crippen LogP contribution in [-0.2, 0) is 29.6 Å². The molecule has 0 bridgehead atoms. The number of aliphatic carboxylic acids is 2. The van der Waals surface area contributed by atoms with Gasteiger partial charge in [-0.15, -0.1) is 12.8 Å². The quantitative estimate of drug-likeness (QED) is 0.533. The Balaban J connectivity index is -0.000000187. The molecule has 0 aromatic rings. The van der Waals surface area contributed by atoms with Gasteiger partial charge in [0.25, 0.3) is 11.9 Å². The van der Waals surface area contributed by atoms with Gasteiger partial charge in [0.1, 0.15) is 0 Å². The second-order valence-corrected chi connectivity index (χ2v) is 3.04. The number of carboxylic acids is 2. The van der Waals surface area contributed by atoms with Crippen molar-refractivity contribution < 1.29 is 39.8 Å². The molecule has 0 saturated heterocycles. The standard InChI is InChI=1S/2C5H5.2C2H4O2.CH2.Ti/c2*1-2-4-5-3-1;2*1-2(3)4;;/h2*1-3H,4H2;2*1H3,(H,3,4);1H2;/q2*-1;;;;+2. The Kier molecular flexibility index (Phi) is 26.7. The molecule has 108 valence electrons. The SMILES string of the molecule is CC(=O)O.CC(=O)O.[C-]1=CC=CC1.[C-]1=CC=CC1.[CH2]=[Ti+2]. The van der Waals surface area contributed by atoms with Gasteiger partial charge in [-0.1, -0.05) is 0 Å². The van der Waals surface area contributed by atoms with Gasteiger partial charge >= 0.3 is 24.8 Å². The van der Waals surface area contributed by atoms with Crippen LogP contribution in [0.4, 0.5) is 0 Å². The Bertz CT molecular complexity index is 293. The average molecular weight is 312 g/mol. The first-order valence-electron chi connectivity index (χ1n) is 5.64. The molecular formula is C15H20O4Ti. The summed E-state index contributed by atoms with van der Waals surface area (Å²) in [5, 5.41) is 14.8. The number of carboxylic acid groups (broad SMARTS) is 2. The summed E-state index contributed by atoms with van der Waals surface area (Å²) in [7, 11) is 0. The van der Waals surface area contributed by atoms with Crippen molar-refractivity contribution in [2.24, 2.45) is 0 Å². The second kappa shape index (κ2) is 22.6. The van der Waals surface area contributed by atoms with Gasteiger partial charge in [0.2, 0.25) is 0 Å². The van der Waals surface area contributed by atoms with Gasteiger partial charge in [-0.05, 0) is 0 Å². The van der Waals surface area contributed by atoms with E-state index in [0.717, 1.165) is 26.7 Å². The molecule has 0 fully saturated rings. The third-order valence-corrected chi connectivity index (χ3v) is 1.17. The zero-order valence-electron chi connectivity index (χ0n) is 11.8. The summed E-state index contributed by atoms with van der Waals surface area (Å²) < 4.78 is 0. The Morgan fingerprint density at radius 2 is 1.20 bits per heavy atom. The van der Waals surface area contributed by atoms with Crippen LogP contribution in [0.2, 0.25) is 0 Å². The van der Waals surface area contributed by atoms with Gasteiger partial charge < -0.3 is 10.2 Å². The van der Waals surface area contributed by atoms with Gasteiger partial charge in [-0.25, -0.2) is 24.3 Å². The van der Waals surface area contributed by atoms with E-state index in [1.54, 1.807) is 20.0 Å². The number of carbonyl (C=O) groups is 2. The third-order valence-electron chi connectivity index (χ3n) is 1.17. The molecule has 0 amide bonds. The Morgan fingerprint density at radius 3 is 1.25 bits per heavy atom. The molecule has 0 unspecified atom stereocenters. The van der Waals surface area contributed by atoms with Crippen molar-refractivity contribution in [3.05, 3.63) is 48.6 Å². The summed E-state index contributed by atoms with van der Waals surface area (Å²) in [6.45, 7) is 2.17. The minimum absolute atomic E-state index is 0.833. The van der Waals surface area contributed by atoms with Gasteiger partial charge in [-0.3, -0.25) is 21.7 Å². The van der Waals surface area contributed by atoms with Crippen LogP contribution in [0, 0.1) is 12.2 Å². The molecule has 5 heteroatoms. The van der Waals surface area contributed by atoms with Crippen LogP contribution in [0.3, 0.4) is 0 Å². The van der Waals surface area contributed by atoms with Gasteiger partial charge in [0.05, 0.1) is 0 Å². The first-order chi connectivity index (χ1) is 9.46. The van der Waals surface area contributed by atoms with Gasteiger partial charge in [-0.2, -0.15) is 12.2 Å². The fourth-order valence-corrected chi connectivity index (χ4v) is 0.680. The summed E-state index contributed by atoms with van der Waals surface area (Å²) >= 11 is 1.75. The summed E-state index contributed by atoms with van der Waals surface area (Å²) in [4.78, 5) is 21.2. The van der Waals surface area contributed by atoms with Crippen molar-refractivity contribution in [1.29, 1.82) is 0 Å². The van der Waals surface area contributed by atoms with E-state index in [0.29, 0.717) is 0 Å². The van der Waals surface area contributed by atoms with E-state index in [1.165, 1.54) is 0 Å². The van der Waals surface area contributed by atoms with Crippen molar-refractivity contribution in [2.75, 3.05) is 0 Å². The van der Waals surface area contributed by atoms with Crippen LogP contribution in [0.1, 0.15) is 26.7 Å². The van der Waals surface area contributed by atoms with E-state index in [2.05, 4.69) is 29.1 Å². The van der Waals surface area contributed by atoms with Crippen LogP contribution in [-0.4, -0.2) is 27.0 Å². The molecule has 0 spiro atoms. The molecule has 0 aliphatic heterocycles.